The minimum absolute atomic E-state index is 1.25. The van der Waals surface area contributed by atoms with Crippen LogP contribution in [0.15, 0.2) is 146 Å². The molecule has 176 valence electrons. The van der Waals surface area contributed by atoms with Crippen molar-refractivity contribution in [1.82, 2.24) is 0 Å². The topological polar surface area (TPSA) is 0 Å². The Morgan fingerprint density at radius 3 is 1.61 bits per heavy atom. The number of rotatable bonds is 2. The van der Waals surface area contributed by atoms with Crippen LogP contribution >= 0.6 is 0 Å². The summed E-state index contributed by atoms with van der Waals surface area (Å²) in [4.78, 5) is 0. The molecule has 0 saturated carbocycles. The Kier molecular flexibility index (Phi) is 4.62. The lowest BCUT2D eigenvalue weighted by Crippen LogP contribution is -1.89. The second-order valence-electron chi connectivity index (χ2n) is 10.2. The van der Waals surface area contributed by atoms with Crippen LogP contribution in [-0.4, -0.2) is 0 Å². The Bertz CT molecular complexity index is 2180. The summed E-state index contributed by atoms with van der Waals surface area (Å²) in [5.74, 6) is 0. The van der Waals surface area contributed by atoms with Crippen molar-refractivity contribution in [3.8, 4) is 22.3 Å². The molecule has 0 nitrogen and oxygen atoms in total. The summed E-state index contributed by atoms with van der Waals surface area (Å²) in [5, 5.41) is 12.8. The first kappa shape index (κ1) is 21.2. The molecule has 38 heavy (non-hydrogen) atoms. The van der Waals surface area contributed by atoms with Gasteiger partial charge in [0.1, 0.15) is 0 Å². The summed E-state index contributed by atoms with van der Waals surface area (Å²) in [5.41, 5.74) is 5.09. The minimum atomic E-state index is 1.25. The van der Waals surface area contributed by atoms with Crippen LogP contribution in [0.2, 0.25) is 0 Å². The van der Waals surface area contributed by atoms with Gasteiger partial charge in [-0.15, -0.1) is 0 Å². The zero-order chi connectivity index (χ0) is 25.1. The molecule has 0 spiro atoms. The van der Waals surface area contributed by atoms with E-state index < -0.39 is 0 Å². The van der Waals surface area contributed by atoms with Crippen LogP contribution in [0.3, 0.4) is 0 Å². The van der Waals surface area contributed by atoms with Gasteiger partial charge in [-0.05, 0) is 94.3 Å². The van der Waals surface area contributed by atoms with Gasteiger partial charge in [0.25, 0.3) is 0 Å². The van der Waals surface area contributed by atoms with Gasteiger partial charge in [-0.25, -0.2) is 0 Å². The Balaban J connectivity index is 1.44. The second kappa shape index (κ2) is 8.30. The molecule has 0 aliphatic rings. The van der Waals surface area contributed by atoms with Crippen LogP contribution in [-0.2, 0) is 0 Å². The van der Waals surface area contributed by atoms with Crippen LogP contribution < -0.4 is 0 Å². The molecule has 0 N–H and O–H groups in total. The highest BCUT2D eigenvalue weighted by Gasteiger charge is 2.14. The molecule has 0 heteroatoms. The maximum Gasteiger partial charge on any atom is -0.00264 e. The Morgan fingerprint density at radius 2 is 0.842 bits per heavy atom. The maximum atomic E-state index is 2.38. The first-order valence-electron chi connectivity index (χ1n) is 13.2. The molecule has 0 bridgehead atoms. The fraction of sp³-hybridized carbons (Fsp3) is 0. The van der Waals surface area contributed by atoms with Crippen molar-refractivity contribution < 1.29 is 0 Å². The van der Waals surface area contributed by atoms with E-state index in [0.29, 0.717) is 0 Å². The minimum Gasteiger partial charge on any atom is -0.0616 e. The first-order valence-corrected chi connectivity index (χ1v) is 13.2. The number of benzene rings is 8. The summed E-state index contributed by atoms with van der Waals surface area (Å²) < 4.78 is 0. The summed E-state index contributed by atoms with van der Waals surface area (Å²) >= 11 is 0. The van der Waals surface area contributed by atoms with E-state index in [0.717, 1.165) is 0 Å². The van der Waals surface area contributed by atoms with E-state index in [4.69, 9.17) is 0 Å². The molecule has 0 amide bonds. The molecule has 0 radical (unpaired) electrons. The van der Waals surface area contributed by atoms with Crippen molar-refractivity contribution >= 4 is 53.9 Å². The maximum absolute atomic E-state index is 2.38. The van der Waals surface area contributed by atoms with Crippen molar-refractivity contribution in [2.75, 3.05) is 0 Å². The quantitative estimate of drug-likeness (QED) is 0.170. The Morgan fingerprint density at radius 1 is 0.263 bits per heavy atom. The van der Waals surface area contributed by atoms with Crippen LogP contribution in [0.25, 0.3) is 76.1 Å². The van der Waals surface area contributed by atoms with Crippen molar-refractivity contribution in [2.45, 2.75) is 0 Å². The average Bonchev–Trinajstić information content (AvgIpc) is 2.99. The molecule has 8 aromatic carbocycles. The summed E-state index contributed by atoms with van der Waals surface area (Å²) in [6, 6.07) is 53.4. The number of hydrogen-bond donors (Lipinski definition) is 0. The summed E-state index contributed by atoms with van der Waals surface area (Å²) in [7, 11) is 0. The van der Waals surface area contributed by atoms with E-state index in [1.54, 1.807) is 0 Å². The van der Waals surface area contributed by atoms with Crippen LogP contribution in [0.5, 0.6) is 0 Å². The van der Waals surface area contributed by atoms with E-state index in [9.17, 15) is 0 Å². The van der Waals surface area contributed by atoms with E-state index in [1.165, 1.54) is 76.1 Å². The molecule has 8 aromatic rings. The highest BCUT2D eigenvalue weighted by atomic mass is 14.2. The number of hydrogen-bond acceptors (Lipinski definition) is 0. The molecule has 8 rings (SSSR count). The molecule has 0 aliphatic heterocycles. The standard InChI is InChI=1S/C38H24/c1-3-10-27-22-30(18-16-25(27)8-1)32-14-7-15-34-35(32)20-21-36-37(34)24-29-12-5-6-13-33(29)38(36)31-19-17-26-9-2-4-11-28(26)23-31/h1-24H. The van der Waals surface area contributed by atoms with Crippen molar-refractivity contribution in [3.63, 3.8) is 0 Å². The van der Waals surface area contributed by atoms with E-state index >= 15 is 0 Å². The largest absolute Gasteiger partial charge is 0.0616 e. The van der Waals surface area contributed by atoms with Crippen molar-refractivity contribution in [1.29, 1.82) is 0 Å². The van der Waals surface area contributed by atoms with Gasteiger partial charge in [-0.1, -0.05) is 127 Å². The highest BCUT2D eigenvalue weighted by Crippen LogP contribution is 2.42. The molecule has 0 unspecified atom stereocenters. The predicted octanol–water partition coefficient (Wildman–Crippen LogP) is 10.8. The normalized spacial score (nSPS) is 11.7. The molecule has 0 heterocycles. The van der Waals surface area contributed by atoms with Crippen molar-refractivity contribution in [3.05, 3.63) is 146 Å². The van der Waals surface area contributed by atoms with Crippen LogP contribution in [0.4, 0.5) is 0 Å². The fourth-order valence-electron chi connectivity index (χ4n) is 6.17. The third kappa shape index (κ3) is 3.24. The second-order valence-corrected chi connectivity index (χ2v) is 10.2. The monoisotopic (exact) mass is 480 g/mol. The summed E-state index contributed by atoms with van der Waals surface area (Å²) in [6.07, 6.45) is 0. The SMILES string of the molecule is c1ccc2cc(-c3cccc4c3ccc3c(-c5ccc6ccccc6c5)c5ccccc5cc34)ccc2c1. The average molecular weight is 481 g/mol. The van der Waals surface area contributed by atoms with E-state index in [2.05, 4.69) is 146 Å². The van der Waals surface area contributed by atoms with Gasteiger partial charge in [-0.2, -0.15) is 0 Å². The van der Waals surface area contributed by atoms with Gasteiger partial charge in [0.2, 0.25) is 0 Å². The molecule has 0 atom stereocenters. The Labute approximate surface area is 221 Å². The molecular weight excluding hydrogens is 456 g/mol. The van der Waals surface area contributed by atoms with Gasteiger partial charge in [0, 0.05) is 0 Å². The van der Waals surface area contributed by atoms with Gasteiger partial charge in [0.05, 0.1) is 0 Å². The van der Waals surface area contributed by atoms with Gasteiger partial charge in [0.15, 0.2) is 0 Å². The first-order chi connectivity index (χ1) is 18.8. The van der Waals surface area contributed by atoms with Crippen LogP contribution in [0.1, 0.15) is 0 Å². The molecule has 0 fully saturated rings. The van der Waals surface area contributed by atoms with Crippen molar-refractivity contribution in [2.24, 2.45) is 0 Å². The lowest BCUT2D eigenvalue weighted by Gasteiger charge is -2.16. The molecular formula is C38H24. The van der Waals surface area contributed by atoms with Gasteiger partial charge >= 0.3 is 0 Å². The molecule has 0 aromatic heterocycles. The Hall–Kier alpha value is -4.94. The van der Waals surface area contributed by atoms with Gasteiger partial charge in [-0.3, -0.25) is 0 Å². The third-order valence-corrected chi connectivity index (χ3v) is 8.00. The summed E-state index contributed by atoms with van der Waals surface area (Å²) in [6.45, 7) is 0. The molecule has 0 aliphatic carbocycles. The highest BCUT2D eigenvalue weighted by molar-refractivity contribution is 6.22. The van der Waals surface area contributed by atoms with E-state index in [-0.39, 0.29) is 0 Å². The number of fused-ring (bicyclic) bond motifs is 6. The fourth-order valence-corrected chi connectivity index (χ4v) is 6.17. The zero-order valence-corrected chi connectivity index (χ0v) is 20.9. The lowest BCUT2D eigenvalue weighted by molar-refractivity contribution is 1.68. The van der Waals surface area contributed by atoms with E-state index in [1.807, 2.05) is 0 Å². The zero-order valence-electron chi connectivity index (χ0n) is 20.9. The lowest BCUT2D eigenvalue weighted by atomic mass is 9.87. The van der Waals surface area contributed by atoms with Gasteiger partial charge < -0.3 is 0 Å². The smallest absolute Gasteiger partial charge is 0.00264 e. The third-order valence-electron chi connectivity index (χ3n) is 8.00. The predicted molar refractivity (Wildman–Crippen MR) is 165 cm³/mol. The molecule has 0 saturated heterocycles. The van der Waals surface area contributed by atoms with Crippen LogP contribution in [0, 0.1) is 0 Å².